The van der Waals surface area contributed by atoms with Crippen LogP contribution in [0.4, 0.5) is 0 Å². The summed E-state index contributed by atoms with van der Waals surface area (Å²) < 4.78 is 1.95. The van der Waals surface area contributed by atoms with Gasteiger partial charge in [-0.25, -0.2) is 0 Å². The van der Waals surface area contributed by atoms with Crippen LogP contribution in [0.3, 0.4) is 0 Å². The van der Waals surface area contributed by atoms with E-state index in [1.165, 1.54) is 42.7 Å². The van der Waals surface area contributed by atoms with E-state index in [0.717, 1.165) is 24.0 Å². The standard InChI is InChI=1S/C15H24N4S/c1-11-13(12(2)19(3)18-11)8-16-14-17-9-15(10-20-14)6-4-5-7-15/h4-10H2,1-3H3,(H,16,17). The van der Waals surface area contributed by atoms with Crippen molar-refractivity contribution < 1.29 is 0 Å². The fourth-order valence-electron chi connectivity index (χ4n) is 3.32. The number of thioether (sulfide) groups is 1. The molecule has 1 spiro atoms. The molecule has 0 saturated heterocycles. The van der Waals surface area contributed by atoms with E-state index in [1.54, 1.807) is 0 Å². The Bertz CT molecular complexity index is 526. The highest BCUT2D eigenvalue weighted by Gasteiger charge is 2.36. The van der Waals surface area contributed by atoms with Gasteiger partial charge in [0.25, 0.3) is 0 Å². The van der Waals surface area contributed by atoms with Gasteiger partial charge < -0.3 is 5.32 Å². The van der Waals surface area contributed by atoms with Crippen LogP contribution in [0.2, 0.25) is 0 Å². The van der Waals surface area contributed by atoms with Crippen LogP contribution in [-0.2, 0) is 13.6 Å². The molecule has 3 rings (SSSR count). The molecule has 0 radical (unpaired) electrons. The molecule has 5 heteroatoms. The topological polar surface area (TPSA) is 42.2 Å². The SMILES string of the molecule is Cc1nn(C)c(C)c1CNC1=NCC2(CCCC2)CS1. The number of aliphatic imine (C=N–C) groups is 1. The van der Waals surface area contributed by atoms with Crippen molar-refractivity contribution in [2.24, 2.45) is 17.5 Å². The van der Waals surface area contributed by atoms with E-state index in [2.05, 4.69) is 24.3 Å². The van der Waals surface area contributed by atoms with Gasteiger partial charge in [0.2, 0.25) is 0 Å². The summed E-state index contributed by atoms with van der Waals surface area (Å²) >= 11 is 1.91. The summed E-state index contributed by atoms with van der Waals surface area (Å²) in [7, 11) is 2.00. The van der Waals surface area contributed by atoms with Crippen molar-refractivity contribution in [1.29, 1.82) is 0 Å². The van der Waals surface area contributed by atoms with E-state index in [9.17, 15) is 0 Å². The smallest absolute Gasteiger partial charge is 0.156 e. The molecule has 4 nitrogen and oxygen atoms in total. The third-order valence-electron chi connectivity index (χ3n) is 4.81. The van der Waals surface area contributed by atoms with Crippen LogP contribution in [0.15, 0.2) is 4.99 Å². The molecule has 1 fully saturated rings. The highest BCUT2D eigenvalue weighted by atomic mass is 32.2. The first-order chi connectivity index (χ1) is 9.60. The molecule has 110 valence electrons. The van der Waals surface area contributed by atoms with Gasteiger partial charge in [0.1, 0.15) is 0 Å². The maximum Gasteiger partial charge on any atom is 0.156 e. The van der Waals surface area contributed by atoms with Crippen LogP contribution in [0.5, 0.6) is 0 Å². The lowest BCUT2D eigenvalue weighted by Gasteiger charge is -2.31. The lowest BCUT2D eigenvalue weighted by molar-refractivity contribution is 0.358. The van der Waals surface area contributed by atoms with Crippen LogP contribution in [0, 0.1) is 19.3 Å². The number of hydrogen-bond acceptors (Lipinski definition) is 4. The van der Waals surface area contributed by atoms with E-state index in [4.69, 9.17) is 4.99 Å². The normalized spacial score (nSPS) is 21.2. The summed E-state index contributed by atoms with van der Waals surface area (Å²) in [5.41, 5.74) is 4.18. The van der Waals surface area contributed by atoms with Crippen molar-refractivity contribution in [3.05, 3.63) is 17.0 Å². The molecular formula is C15H24N4S. The van der Waals surface area contributed by atoms with E-state index < -0.39 is 0 Å². The third kappa shape index (κ3) is 2.60. The van der Waals surface area contributed by atoms with Gasteiger partial charge in [-0.15, -0.1) is 0 Å². The molecule has 1 aliphatic carbocycles. The number of rotatable bonds is 2. The lowest BCUT2D eigenvalue weighted by atomic mass is 9.89. The monoisotopic (exact) mass is 292 g/mol. The van der Waals surface area contributed by atoms with Crippen LogP contribution in [-0.4, -0.2) is 27.2 Å². The molecule has 0 unspecified atom stereocenters. The van der Waals surface area contributed by atoms with E-state index in [-0.39, 0.29) is 0 Å². The second-order valence-electron chi connectivity index (χ2n) is 6.24. The number of hydrogen-bond donors (Lipinski definition) is 1. The molecule has 2 heterocycles. The Morgan fingerprint density at radius 2 is 2.05 bits per heavy atom. The van der Waals surface area contributed by atoms with Crippen molar-refractivity contribution >= 4 is 16.9 Å². The van der Waals surface area contributed by atoms with Gasteiger partial charge >= 0.3 is 0 Å². The van der Waals surface area contributed by atoms with Gasteiger partial charge in [-0.2, -0.15) is 5.10 Å². The maximum absolute atomic E-state index is 4.79. The van der Waals surface area contributed by atoms with E-state index in [1.807, 2.05) is 23.5 Å². The summed E-state index contributed by atoms with van der Waals surface area (Å²) in [6, 6.07) is 0. The van der Waals surface area contributed by atoms with Crippen molar-refractivity contribution in [3.63, 3.8) is 0 Å². The molecule has 1 saturated carbocycles. The van der Waals surface area contributed by atoms with Crippen LogP contribution >= 0.6 is 11.8 Å². The molecule has 1 aromatic rings. The summed E-state index contributed by atoms with van der Waals surface area (Å²) in [4.78, 5) is 4.79. The Morgan fingerprint density at radius 3 is 2.60 bits per heavy atom. The average Bonchev–Trinajstić information content (AvgIpc) is 2.98. The number of nitrogens with zero attached hydrogens (tertiary/aromatic N) is 3. The second kappa shape index (κ2) is 5.43. The van der Waals surface area contributed by atoms with Gasteiger partial charge in [-0.1, -0.05) is 24.6 Å². The first kappa shape index (κ1) is 14.0. The molecular weight excluding hydrogens is 268 g/mol. The quantitative estimate of drug-likeness (QED) is 0.911. The first-order valence-electron chi connectivity index (χ1n) is 7.50. The Balaban J connectivity index is 1.61. The van der Waals surface area contributed by atoms with E-state index in [0.29, 0.717) is 5.41 Å². The van der Waals surface area contributed by atoms with Gasteiger partial charge in [0.05, 0.1) is 5.69 Å². The molecule has 1 N–H and O–H groups in total. The maximum atomic E-state index is 4.79. The zero-order chi connectivity index (χ0) is 14.2. The van der Waals surface area contributed by atoms with Gasteiger partial charge in [0, 0.05) is 37.1 Å². The Labute approximate surface area is 125 Å². The van der Waals surface area contributed by atoms with Crippen LogP contribution in [0.25, 0.3) is 0 Å². The van der Waals surface area contributed by atoms with Crippen molar-refractivity contribution in [2.75, 3.05) is 12.3 Å². The minimum Gasteiger partial charge on any atom is -0.361 e. The molecule has 1 aromatic heterocycles. The molecule has 0 amide bonds. The largest absolute Gasteiger partial charge is 0.361 e. The zero-order valence-corrected chi connectivity index (χ0v) is 13.5. The van der Waals surface area contributed by atoms with E-state index >= 15 is 0 Å². The molecule has 20 heavy (non-hydrogen) atoms. The fraction of sp³-hybridized carbons (Fsp3) is 0.733. The average molecular weight is 292 g/mol. The zero-order valence-electron chi connectivity index (χ0n) is 12.7. The fourth-order valence-corrected chi connectivity index (χ4v) is 4.48. The summed E-state index contributed by atoms with van der Waals surface area (Å²) in [6.07, 6.45) is 5.54. The van der Waals surface area contributed by atoms with Crippen LogP contribution in [0.1, 0.15) is 42.6 Å². The molecule has 0 bridgehead atoms. The molecule has 0 aromatic carbocycles. The second-order valence-corrected chi connectivity index (χ2v) is 7.21. The number of aryl methyl sites for hydroxylation is 2. The molecule has 0 atom stereocenters. The predicted molar refractivity (Wildman–Crippen MR) is 85.2 cm³/mol. The lowest BCUT2D eigenvalue weighted by Crippen LogP contribution is -2.33. The minimum atomic E-state index is 0.524. The Morgan fingerprint density at radius 1 is 1.30 bits per heavy atom. The Hall–Kier alpha value is -0.970. The Kier molecular flexibility index (Phi) is 3.80. The highest BCUT2D eigenvalue weighted by Crippen LogP contribution is 2.43. The summed E-state index contributed by atoms with van der Waals surface area (Å²) in [5.74, 6) is 1.24. The summed E-state index contributed by atoms with van der Waals surface area (Å²) in [6.45, 7) is 6.06. The number of amidine groups is 1. The van der Waals surface area contributed by atoms with Crippen molar-refractivity contribution in [1.82, 2.24) is 15.1 Å². The van der Waals surface area contributed by atoms with Crippen molar-refractivity contribution in [3.8, 4) is 0 Å². The first-order valence-corrected chi connectivity index (χ1v) is 8.48. The van der Waals surface area contributed by atoms with Gasteiger partial charge in [0.15, 0.2) is 5.17 Å². The number of nitrogens with one attached hydrogen (secondary N) is 1. The minimum absolute atomic E-state index is 0.524. The number of aromatic nitrogens is 2. The van der Waals surface area contributed by atoms with Gasteiger partial charge in [-0.05, 0) is 32.1 Å². The molecule has 1 aliphatic heterocycles. The predicted octanol–water partition coefficient (Wildman–Crippen LogP) is 2.79. The third-order valence-corrected chi connectivity index (χ3v) is 6.12. The van der Waals surface area contributed by atoms with Gasteiger partial charge in [-0.3, -0.25) is 9.67 Å². The van der Waals surface area contributed by atoms with Crippen molar-refractivity contribution in [2.45, 2.75) is 46.1 Å². The highest BCUT2D eigenvalue weighted by molar-refractivity contribution is 8.13. The summed E-state index contributed by atoms with van der Waals surface area (Å²) in [5, 5.41) is 9.08. The van der Waals surface area contributed by atoms with Crippen LogP contribution < -0.4 is 5.32 Å². The molecule has 2 aliphatic rings.